The SMILES string of the molecule is CNc1cc(NC2CCCC2C)nc(COC)n1. The number of ether oxygens (including phenoxy) is 1. The van der Waals surface area contributed by atoms with E-state index in [4.69, 9.17) is 4.74 Å². The quantitative estimate of drug-likeness (QED) is 0.839. The minimum absolute atomic E-state index is 0.435. The Morgan fingerprint density at radius 3 is 2.72 bits per heavy atom. The Morgan fingerprint density at radius 1 is 1.33 bits per heavy atom. The van der Waals surface area contributed by atoms with Crippen LogP contribution in [0.1, 0.15) is 32.0 Å². The van der Waals surface area contributed by atoms with Crippen molar-refractivity contribution in [1.29, 1.82) is 0 Å². The topological polar surface area (TPSA) is 59.1 Å². The molecule has 18 heavy (non-hydrogen) atoms. The van der Waals surface area contributed by atoms with Gasteiger partial charge in [-0.05, 0) is 18.8 Å². The van der Waals surface area contributed by atoms with Crippen molar-refractivity contribution in [2.24, 2.45) is 5.92 Å². The largest absolute Gasteiger partial charge is 0.377 e. The van der Waals surface area contributed by atoms with Crippen LogP contribution in [0.3, 0.4) is 0 Å². The van der Waals surface area contributed by atoms with Gasteiger partial charge in [-0.1, -0.05) is 13.3 Å². The lowest BCUT2D eigenvalue weighted by atomic mass is 10.1. The zero-order valence-electron chi connectivity index (χ0n) is 11.4. The first-order valence-corrected chi connectivity index (χ1v) is 6.54. The minimum atomic E-state index is 0.435. The number of hydrogen-bond donors (Lipinski definition) is 2. The van der Waals surface area contributed by atoms with E-state index < -0.39 is 0 Å². The Labute approximate surface area is 108 Å². The molecule has 1 aliphatic carbocycles. The van der Waals surface area contributed by atoms with Crippen LogP contribution in [0.4, 0.5) is 11.6 Å². The minimum Gasteiger partial charge on any atom is -0.377 e. The second kappa shape index (κ2) is 6.00. The number of nitrogens with zero attached hydrogens (tertiary/aromatic N) is 2. The molecule has 0 bridgehead atoms. The van der Waals surface area contributed by atoms with Crippen LogP contribution in [0, 0.1) is 5.92 Å². The molecule has 2 N–H and O–H groups in total. The van der Waals surface area contributed by atoms with Gasteiger partial charge in [0, 0.05) is 26.3 Å². The molecule has 1 heterocycles. The van der Waals surface area contributed by atoms with Gasteiger partial charge in [-0.25, -0.2) is 9.97 Å². The summed E-state index contributed by atoms with van der Waals surface area (Å²) in [6.07, 6.45) is 3.82. The molecule has 0 radical (unpaired) electrons. The van der Waals surface area contributed by atoms with Crippen molar-refractivity contribution in [3.63, 3.8) is 0 Å². The van der Waals surface area contributed by atoms with Crippen LogP contribution in [0.25, 0.3) is 0 Å². The summed E-state index contributed by atoms with van der Waals surface area (Å²) in [7, 11) is 3.52. The average molecular weight is 250 g/mol. The van der Waals surface area contributed by atoms with Gasteiger partial charge in [0.2, 0.25) is 0 Å². The predicted molar refractivity (Wildman–Crippen MR) is 72.7 cm³/mol. The van der Waals surface area contributed by atoms with Gasteiger partial charge in [-0.3, -0.25) is 0 Å². The van der Waals surface area contributed by atoms with E-state index in [-0.39, 0.29) is 0 Å². The summed E-state index contributed by atoms with van der Waals surface area (Å²) in [6.45, 7) is 2.73. The summed E-state index contributed by atoms with van der Waals surface area (Å²) < 4.78 is 5.09. The molecule has 2 rings (SSSR count). The summed E-state index contributed by atoms with van der Waals surface area (Å²) in [6, 6.07) is 2.48. The predicted octanol–water partition coefficient (Wildman–Crippen LogP) is 2.27. The van der Waals surface area contributed by atoms with Crippen molar-refractivity contribution in [2.75, 3.05) is 24.8 Å². The number of anilines is 2. The Bertz CT molecular complexity index is 397. The molecule has 2 unspecified atom stereocenters. The second-order valence-corrected chi connectivity index (χ2v) is 4.90. The summed E-state index contributed by atoms with van der Waals surface area (Å²) >= 11 is 0. The van der Waals surface area contributed by atoms with Gasteiger partial charge in [0.1, 0.15) is 18.2 Å². The van der Waals surface area contributed by atoms with Crippen molar-refractivity contribution in [3.8, 4) is 0 Å². The van der Waals surface area contributed by atoms with Gasteiger partial charge in [0.15, 0.2) is 5.82 Å². The van der Waals surface area contributed by atoms with E-state index in [0.29, 0.717) is 24.4 Å². The monoisotopic (exact) mass is 250 g/mol. The normalized spacial score (nSPS) is 23.1. The number of nitrogens with one attached hydrogen (secondary N) is 2. The van der Waals surface area contributed by atoms with Gasteiger partial charge in [-0.15, -0.1) is 0 Å². The highest BCUT2D eigenvalue weighted by Gasteiger charge is 2.23. The fourth-order valence-electron chi connectivity index (χ4n) is 2.44. The molecule has 0 aromatic carbocycles. The molecular formula is C13H22N4O. The standard InChI is InChI=1S/C13H22N4O/c1-9-5-4-6-10(9)15-12-7-11(14-2)16-13(17-12)8-18-3/h7,9-10H,4-6,8H2,1-3H3,(H2,14,15,16,17). The maximum absolute atomic E-state index is 5.09. The van der Waals surface area contributed by atoms with Crippen LogP contribution < -0.4 is 10.6 Å². The zero-order valence-corrected chi connectivity index (χ0v) is 11.4. The molecule has 2 atom stereocenters. The lowest BCUT2D eigenvalue weighted by Crippen LogP contribution is -2.23. The van der Waals surface area contributed by atoms with Crippen molar-refractivity contribution < 1.29 is 4.74 Å². The van der Waals surface area contributed by atoms with Gasteiger partial charge >= 0.3 is 0 Å². The van der Waals surface area contributed by atoms with Gasteiger partial charge < -0.3 is 15.4 Å². The van der Waals surface area contributed by atoms with Crippen LogP contribution in [-0.4, -0.2) is 30.2 Å². The molecule has 0 amide bonds. The summed E-state index contributed by atoms with van der Waals surface area (Å²) in [5, 5.41) is 6.57. The van der Waals surface area contributed by atoms with Gasteiger partial charge in [0.05, 0.1) is 0 Å². The number of hydrogen-bond acceptors (Lipinski definition) is 5. The molecule has 1 saturated carbocycles. The zero-order chi connectivity index (χ0) is 13.0. The van der Waals surface area contributed by atoms with Crippen LogP contribution in [0.15, 0.2) is 6.07 Å². The van der Waals surface area contributed by atoms with Crippen LogP contribution in [0.2, 0.25) is 0 Å². The smallest absolute Gasteiger partial charge is 0.158 e. The molecular weight excluding hydrogens is 228 g/mol. The van der Waals surface area contributed by atoms with Crippen LogP contribution in [-0.2, 0) is 11.3 Å². The lowest BCUT2D eigenvalue weighted by molar-refractivity contribution is 0.178. The molecule has 0 spiro atoms. The van der Waals surface area contributed by atoms with Crippen molar-refractivity contribution >= 4 is 11.6 Å². The molecule has 1 aromatic heterocycles. The molecule has 100 valence electrons. The average Bonchev–Trinajstić information content (AvgIpc) is 2.75. The molecule has 5 nitrogen and oxygen atoms in total. The first kappa shape index (κ1) is 13.1. The lowest BCUT2D eigenvalue weighted by Gasteiger charge is -2.18. The Balaban J connectivity index is 2.12. The second-order valence-electron chi connectivity index (χ2n) is 4.90. The fourth-order valence-corrected chi connectivity index (χ4v) is 2.44. The van der Waals surface area contributed by atoms with Crippen LogP contribution in [0.5, 0.6) is 0 Å². The Hall–Kier alpha value is -1.36. The third kappa shape index (κ3) is 3.10. The fraction of sp³-hybridized carbons (Fsp3) is 0.692. The van der Waals surface area contributed by atoms with Gasteiger partial charge in [0.25, 0.3) is 0 Å². The maximum atomic E-state index is 5.09. The Morgan fingerprint density at radius 2 is 2.11 bits per heavy atom. The highest BCUT2D eigenvalue weighted by Crippen LogP contribution is 2.27. The van der Waals surface area contributed by atoms with Crippen molar-refractivity contribution in [3.05, 3.63) is 11.9 Å². The van der Waals surface area contributed by atoms with Crippen molar-refractivity contribution in [1.82, 2.24) is 9.97 Å². The summed E-state index contributed by atoms with van der Waals surface area (Å²) in [4.78, 5) is 8.83. The molecule has 1 aliphatic rings. The highest BCUT2D eigenvalue weighted by molar-refractivity contribution is 5.47. The maximum Gasteiger partial charge on any atom is 0.158 e. The number of aromatic nitrogens is 2. The van der Waals surface area contributed by atoms with E-state index in [1.54, 1.807) is 7.11 Å². The van der Waals surface area contributed by atoms with E-state index in [0.717, 1.165) is 11.6 Å². The summed E-state index contributed by atoms with van der Waals surface area (Å²) in [5.74, 6) is 3.13. The summed E-state index contributed by atoms with van der Waals surface area (Å²) in [5.41, 5.74) is 0. The number of rotatable bonds is 5. The van der Waals surface area contributed by atoms with Gasteiger partial charge in [-0.2, -0.15) is 0 Å². The van der Waals surface area contributed by atoms with E-state index in [1.807, 2.05) is 13.1 Å². The Kier molecular flexibility index (Phi) is 4.36. The number of methoxy groups -OCH3 is 1. The van der Waals surface area contributed by atoms with Crippen LogP contribution >= 0.6 is 0 Å². The van der Waals surface area contributed by atoms with E-state index in [2.05, 4.69) is 27.5 Å². The third-order valence-corrected chi connectivity index (χ3v) is 3.50. The van der Waals surface area contributed by atoms with E-state index in [9.17, 15) is 0 Å². The molecule has 0 saturated heterocycles. The molecule has 1 aromatic rings. The van der Waals surface area contributed by atoms with E-state index in [1.165, 1.54) is 19.3 Å². The molecule has 5 heteroatoms. The first-order chi connectivity index (χ1) is 8.72. The van der Waals surface area contributed by atoms with E-state index >= 15 is 0 Å². The van der Waals surface area contributed by atoms with Crippen molar-refractivity contribution in [2.45, 2.75) is 38.8 Å². The highest BCUT2D eigenvalue weighted by atomic mass is 16.5. The first-order valence-electron chi connectivity index (χ1n) is 6.54. The third-order valence-electron chi connectivity index (χ3n) is 3.50. The molecule has 1 fully saturated rings. The molecule has 0 aliphatic heterocycles.